The lowest BCUT2D eigenvalue weighted by Gasteiger charge is -2.12. The largest absolute Gasteiger partial charge is 0.452 e. The summed E-state index contributed by atoms with van der Waals surface area (Å²) in [5.41, 5.74) is 0.721. The maximum absolute atomic E-state index is 12.5. The summed E-state index contributed by atoms with van der Waals surface area (Å²) >= 11 is 0. The number of amides is 1. The fraction of sp³-hybridized carbons (Fsp3) is 0.238. The number of ether oxygens (including phenoxy) is 1. The SMILES string of the molecule is C[C@@H](CNC(=O)COC(=O)/C=C/c1ccc(C(F)(F)F)cc1)c1ccccc1. The molecule has 0 saturated carbocycles. The van der Waals surface area contributed by atoms with Crippen LogP contribution in [0.15, 0.2) is 60.7 Å². The highest BCUT2D eigenvalue weighted by atomic mass is 19.4. The monoisotopic (exact) mass is 391 g/mol. The third-order valence-corrected chi connectivity index (χ3v) is 3.97. The number of alkyl halides is 3. The Labute approximate surface area is 161 Å². The number of halogens is 3. The molecule has 0 heterocycles. The minimum atomic E-state index is -4.41. The number of rotatable bonds is 7. The predicted octanol–water partition coefficient (Wildman–Crippen LogP) is 4.18. The second-order valence-corrected chi connectivity index (χ2v) is 6.18. The highest BCUT2D eigenvalue weighted by Gasteiger charge is 2.29. The van der Waals surface area contributed by atoms with E-state index in [0.717, 1.165) is 23.8 Å². The molecule has 1 atom stereocenters. The molecule has 0 bridgehead atoms. The maximum atomic E-state index is 12.5. The smallest absolute Gasteiger partial charge is 0.416 e. The van der Waals surface area contributed by atoms with E-state index in [0.29, 0.717) is 12.1 Å². The van der Waals surface area contributed by atoms with Gasteiger partial charge in [-0.3, -0.25) is 4.79 Å². The van der Waals surface area contributed by atoms with Gasteiger partial charge >= 0.3 is 12.1 Å². The van der Waals surface area contributed by atoms with Gasteiger partial charge in [-0.25, -0.2) is 4.79 Å². The first-order chi connectivity index (χ1) is 13.3. The Balaban J connectivity index is 1.74. The van der Waals surface area contributed by atoms with E-state index in [1.54, 1.807) is 0 Å². The molecule has 1 N–H and O–H groups in total. The van der Waals surface area contributed by atoms with Crippen LogP contribution in [0.2, 0.25) is 0 Å². The van der Waals surface area contributed by atoms with Gasteiger partial charge in [-0.15, -0.1) is 0 Å². The van der Waals surface area contributed by atoms with Crippen LogP contribution in [0.1, 0.15) is 29.5 Å². The summed E-state index contributed by atoms with van der Waals surface area (Å²) in [6.45, 7) is 1.94. The highest BCUT2D eigenvalue weighted by molar-refractivity contribution is 5.89. The Kier molecular flexibility index (Phi) is 7.37. The van der Waals surface area contributed by atoms with Crippen LogP contribution in [0, 0.1) is 0 Å². The van der Waals surface area contributed by atoms with Crippen molar-refractivity contribution in [1.82, 2.24) is 5.32 Å². The van der Waals surface area contributed by atoms with Crippen LogP contribution in [0.5, 0.6) is 0 Å². The number of benzene rings is 2. The molecule has 0 unspecified atom stereocenters. The van der Waals surface area contributed by atoms with E-state index in [4.69, 9.17) is 4.74 Å². The number of carbonyl (C=O) groups excluding carboxylic acids is 2. The Morgan fingerprint density at radius 3 is 2.32 bits per heavy atom. The molecule has 0 aliphatic heterocycles. The zero-order chi connectivity index (χ0) is 20.6. The van der Waals surface area contributed by atoms with Gasteiger partial charge in [0.15, 0.2) is 6.61 Å². The van der Waals surface area contributed by atoms with Crippen molar-refractivity contribution in [3.8, 4) is 0 Å². The molecule has 2 aromatic carbocycles. The van der Waals surface area contributed by atoms with Crippen LogP contribution in [-0.4, -0.2) is 25.0 Å². The van der Waals surface area contributed by atoms with Gasteiger partial charge in [-0.2, -0.15) is 13.2 Å². The van der Waals surface area contributed by atoms with Crippen molar-refractivity contribution in [2.24, 2.45) is 0 Å². The molecule has 0 fully saturated rings. The quantitative estimate of drug-likeness (QED) is 0.569. The summed E-state index contributed by atoms with van der Waals surface area (Å²) in [7, 11) is 0. The first-order valence-corrected chi connectivity index (χ1v) is 8.59. The molecular formula is C21H20F3NO3. The Morgan fingerprint density at radius 2 is 1.71 bits per heavy atom. The fourth-order valence-corrected chi connectivity index (χ4v) is 2.35. The number of nitrogens with one attached hydrogen (secondary N) is 1. The zero-order valence-electron chi connectivity index (χ0n) is 15.2. The van der Waals surface area contributed by atoms with Gasteiger partial charge in [0.05, 0.1) is 5.56 Å². The molecule has 0 saturated heterocycles. The molecule has 4 nitrogen and oxygen atoms in total. The molecule has 2 rings (SSSR count). The van der Waals surface area contributed by atoms with Gasteiger partial charge in [-0.1, -0.05) is 49.4 Å². The Morgan fingerprint density at radius 1 is 1.07 bits per heavy atom. The van der Waals surface area contributed by atoms with Gasteiger partial charge in [0, 0.05) is 12.6 Å². The topological polar surface area (TPSA) is 55.4 Å². The highest BCUT2D eigenvalue weighted by Crippen LogP contribution is 2.29. The summed E-state index contributed by atoms with van der Waals surface area (Å²) in [6.07, 6.45) is -2.03. The summed E-state index contributed by atoms with van der Waals surface area (Å²) < 4.78 is 42.3. The first kappa shape index (κ1) is 21.2. The van der Waals surface area contributed by atoms with Crippen molar-refractivity contribution in [2.75, 3.05) is 13.2 Å². The summed E-state index contributed by atoms with van der Waals surface area (Å²) in [6, 6.07) is 14.0. The molecule has 0 spiro atoms. The molecule has 28 heavy (non-hydrogen) atoms. The minimum Gasteiger partial charge on any atom is -0.452 e. The van der Waals surface area contributed by atoms with Crippen LogP contribution in [0.3, 0.4) is 0 Å². The van der Waals surface area contributed by atoms with Gasteiger partial charge in [0.2, 0.25) is 0 Å². The molecule has 0 aliphatic rings. The van der Waals surface area contributed by atoms with Crippen molar-refractivity contribution in [1.29, 1.82) is 0 Å². The van der Waals surface area contributed by atoms with Crippen molar-refractivity contribution in [3.63, 3.8) is 0 Å². The van der Waals surface area contributed by atoms with E-state index in [1.165, 1.54) is 18.2 Å². The number of carbonyl (C=O) groups is 2. The van der Waals surface area contributed by atoms with Crippen molar-refractivity contribution >= 4 is 18.0 Å². The van der Waals surface area contributed by atoms with Gasteiger partial charge in [-0.05, 0) is 35.3 Å². The Hall–Kier alpha value is -3.09. The number of esters is 1. The molecule has 1 amide bonds. The summed E-state index contributed by atoms with van der Waals surface area (Å²) in [5.74, 6) is -1.08. The van der Waals surface area contributed by atoms with Crippen molar-refractivity contribution in [3.05, 3.63) is 77.4 Å². The predicted molar refractivity (Wildman–Crippen MR) is 99.3 cm³/mol. The third kappa shape index (κ3) is 6.90. The lowest BCUT2D eigenvalue weighted by molar-refractivity contribution is -0.143. The van der Waals surface area contributed by atoms with E-state index in [9.17, 15) is 22.8 Å². The van der Waals surface area contributed by atoms with E-state index >= 15 is 0 Å². The minimum absolute atomic E-state index is 0.111. The lowest BCUT2D eigenvalue weighted by Crippen LogP contribution is -2.31. The van der Waals surface area contributed by atoms with Crippen LogP contribution < -0.4 is 5.32 Å². The molecule has 0 aromatic heterocycles. The molecule has 148 valence electrons. The van der Waals surface area contributed by atoms with Crippen LogP contribution in [0.4, 0.5) is 13.2 Å². The standard InChI is InChI=1S/C21H20F3NO3/c1-15(17-5-3-2-4-6-17)13-25-19(26)14-28-20(27)12-9-16-7-10-18(11-8-16)21(22,23)24/h2-12,15H,13-14H2,1H3,(H,25,26)/b12-9+/t15-/m0/s1. The maximum Gasteiger partial charge on any atom is 0.416 e. The van der Waals surface area contributed by atoms with Crippen molar-refractivity contribution in [2.45, 2.75) is 19.0 Å². The Bertz CT molecular complexity index is 815. The van der Waals surface area contributed by atoms with Crippen LogP contribution >= 0.6 is 0 Å². The average molecular weight is 391 g/mol. The number of hydrogen-bond donors (Lipinski definition) is 1. The summed E-state index contributed by atoms with van der Waals surface area (Å²) in [4.78, 5) is 23.4. The lowest BCUT2D eigenvalue weighted by atomic mass is 10.0. The third-order valence-electron chi connectivity index (χ3n) is 3.97. The molecule has 2 aromatic rings. The first-order valence-electron chi connectivity index (χ1n) is 8.59. The molecule has 7 heteroatoms. The van der Waals surface area contributed by atoms with E-state index in [1.807, 2.05) is 37.3 Å². The van der Waals surface area contributed by atoms with E-state index in [-0.39, 0.29) is 5.92 Å². The molecular weight excluding hydrogens is 371 g/mol. The summed E-state index contributed by atoms with van der Waals surface area (Å²) in [5, 5.41) is 2.68. The van der Waals surface area contributed by atoms with Crippen LogP contribution in [0.25, 0.3) is 6.08 Å². The molecule has 0 aliphatic carbocycles. The second-order valence-electron chi connectivity index (χ2n) is 6.18. The normalized spacial score (nSPS) is 12.6. The fourth-order valence-electron chi connectivity index (χ4n) is 2.35. The van der Waals surface area contributed by atoms with Gasteiger partial charge in [0.1, 0.15) is 0 Å². The molecule has 0 radical (unpaired) electrons. The van der Waals surface area contributed by atoms with E-state index < -0.39 is 30.2 Å². The second kappa shape index (κ2) is 9.73. The van der Waals surface area contributed by atoms with Crippen LogP contribution in [-0.2, 0) is 20.5 Å². The van der Waals surface area contributed by atoms with E-state index in [2.05, 4.69) is 5.32 Å². The van der Waals surface area contributed by atoms with Crippen molar-refractivity contribution < 1.29 is 27.5 Å². The number of hydrogen-bond acceptors (Lipinski definition) is 3. The van der Waals surface area contributed by atoms with Gasteiger partial charge in [0.25, 0.3) is 5.91 Å². The van der Waals surface area contributed by atoms with Gasteiger partial charge < -0.3 is 10.1 Å². The zero-order valence-corrected chi connectivity index (χ0v) is 15.2. The average Bonchev–Trinajstić information content (AvgIpc) is 2.69.